The zero-order chi connectivity index (χ0) is 17.3. The lowest BCUT2D eigenvalue weighted by Gasteiger charge is -2.36. The Hall–Kier alpha value is -0.753. The molecule has 0 saturated heterocycles. The van der Waals surface area contributed by atoms with Gasteiger partial charge in [0.15, 0.2) is 8.32 Å². The van der Waals surface area contributed by atoms with Gasteiger partial charge in [-0.1, -0.05) is 50.2 Å². The molecule has 0 saturated carbocycles. The lowest BCUT2D eigenvalue weighted by atomic mass is 10.2. The number of rotatable bonds is 5. The predicted molar refractivity (Wildman–Crippen MR) is 101 cm³/mol. The minimum absolute atomic E-state index is 0.205. The van der Waals surface area contributed by atoms with Crippen molar-refractivity contribution in [3.8, 4) is 0 Å². The summed E-state index contributed by atoms with van der Waals surface area (Å²) in [7, 11) is 0.271. The van der Waals surface area contributed by atoms with E-state index in [4.69, 9.17) is 16.0 Å². The van der Waals surface area contributed by atoms with E-state index in [-0.39, 0.29) is 5.04 Å². The van der Waals surface area contributed by atoms with Crippen LogP contribution in [0.4, 0.5) is 0 Å². The largest absolute Gasteiger partial charge is 0.409 e. The molecule has 126 valence electrons. The van der Waals surface area contributed by atoms with Crippen molar-refractivity contribution >= 4 is 31.7 Å². The summed E-state index contributed by atoms with van der Waals surface area (Å²) in [6.45, 7) is 11.8. The Morgan fingerprint density at radius 1 is 1.30 bits per heavy atom. The lowest BCUT2D eigenvalue weighted by Crippen LogP contribution is -2.40. The molecule has 0 fully saturated rings. The SMILES string of the molecule is Cn1c(Sc2cccc(Cl)c2)cnc1CO[Si](C)(C)C(C)(C)C. The van der Waals surface area contributed by atoms with Gasteiger partial charge in [-0.3, -0.25) is 0 Å². The van der Waals surface area contributed by atoms with Crippen molar-refractivity contribution in [3.05, 3.63) is 41.3 Å². The normalized spacial score (nSPS) is 12.7. The van der Waals surface area contributed by atoms with E-state index in [2.05, 4.69) is 49.5 Å². The zero-order valence-corrected chi connectivity index (χ0v) is 17.3. The summed E-state index contributed by atoms with van der Waals surface area (Å²) in [6.07, 6.45) is 1.90. The van der Waals surface area contributed by atoms with E-state index in [1.54, 1.807) is 11.8 Å². The number of benzene rings is 1. The third kappa shape index (κ3) is 4.63. The molecule has 1 heterocycles. The van der Waals surface area contributed by atoms with Gasteiger partial charge in [0.1, 0.15) is 5.82 Å². The van der Waals surface area contributed by atoms with Crippen LogP contribution in [0.5, 0.6) is 0 Å². The molecular weight excluding hydrogens is 344 g/mol. The molecule has 2 rings (SSSR count). The monoisotopic (exact) mass is 368 g/mol. The van der Waals surface area contributed by atoms with Gasteiger partial charge in [-0.2, -0.15) is 0 Å². The third-order valence-corrected chi connectivity index (χ3v) is 10.2. The van der Waals surface area contributed by atoms with Crippen LogP contribution in [0, 0.1) is 0 Å². The molecule has 0 N–H and O–H groups in total. The highest BCUT2D eigenvalue weighted by Gasteiger charge is 2.37. The zero-order valence-electron chi connectivity index (χ0n) is 14.7. The van der Waals surface area contributed by atoms with Gasteiger partial charge in [0.05, 0.1) is 17.8 Å². The van der Waals surface area contributed by atoms with Crippen molar-refractivity contribution in [1.29, 1.82) is 0 Å². The van der Waals surface area contributed by atoms with Crippen LogP contribution < -0.4 is 0 Å². The van der Waals surface area contributed by atoms with Gasteiger partial charge in [0.25, 0.3) is 0 Å². The van der Waals surface area contributed by atoms with Crippen molar-refractivity contribution in [2.75, 3.05) is 0 Å². The average Bonchev–Trinajstić information content (AvgIpc) is 2.76. The first-order valence-electron chi connectivity index (χ1n) is 7.68. The first kappa shape index (κ1) is 18.6. The Morgan fingerprint density at radius 2 is 2.00 bits per heavy atom. The topological polar surface area (TPSA) is 27.1 Å². The molecule has 0 amide bonds. The Morgan fingerprint density at radius 3 is 2.61 bits per heavy atom. The molecule has 23 heavy (non-hydrogen) atoms. The second-order valence-electron chi connectivity index (χ2n) is 7.18. The molecule has 0 unspecified atom stereocenters. The number of nitrogens with zero attached hydrogens (tertiary/aromatic N) is 2. The van der Waals surface area contributed by atoms with Gasteiger partial charge in [-0.15, -0.1) is 0 Å². The van der Waals surface area contributed by atoms with E-state index >= 15 is 0 Å². The molecule has 0 aliphatic carbocycles. The third-order valence-electron chi connectivity index (χ3n) is 4.43. The van der Waals surface area contributed by atoms with Crippen molar-refractivity contribution in [1.82, 2.24) is 9.55 Å². The number of aromatic nitrogens is 2. The summed E-state index contributed by atoms with van der Waals surface area (Å²) in [5.74, 6) is 0.958. The highest BCUT2D eigenvalue weighted by atomic mass is 35.5. The predicted octanol–water partition coefficient (Wildman–Crippen LogP) is 5.75. The molecule has 6 heteroatoms. The maximum absolute atomic E-state index is 6.27. The van der Waals surface area contributed by atoms with Crippen molar-refractivity contribution in [2.24, 2.45) is 7.05 Å². The van der Waals surface area contributed by atoms with Gasteiger partial charge in [0, 0.05) is 17.0 Å². The molecule has 2 aromatic rings. The van der Waals surface area contributed by atoms with Gasteiger partial charge >= 0.3 is 0 Å². The highest BCUT2D eigenvalue weighted by Crippen LogP contribution is 2.37. The smallest absolute Gasteiger partial charge is 0.192 e. The fourth-order valence-electron chi connectivity index (χ4n) is 1.77. The number of halogens is 1. The van der Waals surface area contributed by atoms with Gasteiger partial charge in [0.2, 0.25) is 0 Å². The van der Waals surface area contributed by atoms with E-state index in [0.29, 0.717) is 6.61 Å². The van der Waals surface area contributed by atoms with Crippen molar-refractivity contribution < 1.29 is 4.43 Å². The fraction of sp³-hybridized carbons (Fsp3) is 0.471. The van der Waals surface area contributed by atoms with Gasteiger partial charge in [-0.25, -0.2) is 4.98 Å². The Bertz CT molecular complexity index is 679. The molecule has 0 atom stereocenters. The van der Waals surface area contributed by atoms with Crippen LogP contribution in [-0.4, -0.2) is 17.9 Å². The molecule has 0 aliphatic rings. The van der Waals surface area contributed by atoms with Crippen LogP contribution >= 0.6 is 23.4 Å². The van der Waals surface area contributed by atoms with E-state index < -0.39 is 8.32 Å². The Labute approximate surface area is 149 Å². The molecule has 3 nitrogen and oxygen atoms in total. The van der Waals surface area contributed by atoms with Gasteiger partial charge < -0.3 is 8.99 Å². The van der Waals surface area contributed by atoms with Gasteiger partial charge in [-0.05, 0) is 36.3 Å². The van der Waals surface area contributed by atoms with E-state index in [1.165, 1.54) is 0 Å². The lowest BCUT2D eigenvalue weighted by molar-refractivity contribution is 0.263. The second-order valence-corrected chi connectivity index (χ2v) is 13.5. The summed E-state index contributed by atoms with van der Waals surface area (Å²) in [4.78, 5) is 5.63. The molecule has 1 aromatic heterocycles. The van der Waals surface area contributed by atoms with Crippen LogP contribution in [0.25, 0.3) is 0 Å². The summed E-state index contributed by atoms with van der Waals surface area (Å²) < 4.78 is 8.36. The summed E-state index contributed by atoms with van der Waals surface area (Å²) in [6, 6.07) is 7.86. The number of hydrogen-bond donors (Lipinski definition) is 0. The fourth-order valence-corrected chi connectivity index (χ4v) is 3.87. The summed E-state index contributed by atoms with van der Waals surface area (Å²) in [5, 5.41) is 2.04. The number of hydrogen-bond acceptors (Lipinski definition) is 3. The molecule has 0 aliphatic heterocycles. The maximum atomic E-state index is 6.27. The van der Waals surface area contributed by atoms with Crippen molar-refractivity contribution in [2.45, 2.75) is 55.4 Å². The highest BCUT2D eigenvalue weighted by molar-refractivity contribution is 7.99. The Balaban J connectivity index is 2.08. The quantitative estimate of drug-likeness (QED) is 0.629. The standard InChI is InChI=1S/C17H25ClN2OSSi/c1-17(2,3)23(5,6)21-12-15-19-11-16(20(15)4)22-14-9-7-8-13(18)10-14/h7-11H,12H2,1-6H3. The molecule has 0 radical (unpaired) electrons. The first-order valence-corrected chi connectivity index (χ1v) is 11.8. The van der Waals surface area contributed by atoms with Crippen LogP contribution in [-0.2, 0) is 18.1 Å². The van der Waals surface area contributed by atoms with Crippen LogP contribution in [0.3, 0.4) is 0 Å². The second kappa shape index (κ2) is 7.01. The van der Waals surface area contributed by atoms with Crippen LogP contribution in [0.1, 0.15) is 26.6 Å². The van der Waals surface area contributed by atoms with Crippen molar-refractivity contribution in [3.63, 3.8) is 0 Å². The average molecular weight is 369 g/mol. The minimum atomic E-state index is -1.76. The molecular formula is C17H25ClN2OSSi. The van der Waals surface area contributed by atoms with E-state index in [1.807, 2.05) is 31.4 Å². The molecule has 0 spiro atoms. The minimum Gasteiger partial charge on any atom is -0.409 e. The summed E-state index contributed by atoms with van der Waals surface area (Å²) in [5.41, 5.74) is 0. The van der Waals surface area contributed by atoms with Crippen LogP contribution in [0.15, 0.2) is 40.4 Å². The molecule has 0 bridgehead atoms. The summed E-state index contributed by atoms with van der Waals surface area (Å²) >= 11 is 7.71. The number of imidazole rings is 1. The Kier molecular flexibility index (Phi) is 5.66. The first-order chi connectivity index (χ1) is 10.6. The molecule has 1 aromatic carbocycles. The van der Waals surface area contributed by atoms with E-state index in [9.17, 15) is 0 Å². The van der Waals surface area contributed by atoms with Crippen LogP contribution in [0.2, 0.25) is 23.2 Å². The van der Waals surface area contributed by atoms with E-state index in [0.717, 1.165) is 20.8 Å². The maximum Gasteiger partial charge on any atom is 0.192 e.